The van der Waals surface area contributed by atoms with Gasteiger partial charge in [0.15, 0.2) is 0 Å². The molecule has 0 unspecified atom stereocenters. The van der Waals surface area contributed by atoms with Crippen molar-refractivity contribution >= 4 is 11.8 Å². The number of hydrogen-bond acceptors (Lipinski definition) is 4. The Kier molecular flexibility index (Phi) is 5.99. The number of anilines is 1. The molecule has 0 spiro atoms. The maximum absolute atomic E-state index is 13.1. The lowest BCUT2D eigenvalue weighted by atomic mass is 9.99. The highest BCUT2D eigenvalue weighted by Gasteiger charge is 2.41. The van der Waals surface area contributed by atoms with E-state index in [1.54, 1.807) is 29.1 Å². The van der Waals surface area contributed by atoms with Crippen LogP contribution in [0, 0.1) is 0 Å². The molecule has 2 atom stereocenters. The molecule has 1 saturated heterocycles. The molecule has 1 aliphatic heterocycles. The third-order valence-corrected chi connectivity index (χ3v) is 6.32. The summed E-state index contributed by atoms with van der Waals surface area (Å²) in [6, 6.07) is 13.9. The maximum atomic E-state index is 13.1. The average molecular weight is 470 g/mol. The van der Waals surface area contributed by atoms with Crippen molar-refractivity contribution in [3.8, 4) is 5.69 Å². The summed E-state index contributed by atoms with van der Waals surface area (Å²) in [7, 11) is 0. The van der Waals surface area contributed by atoms with Gasteiger partial charge in [0.1, 0.15) is 5.82 Å². The van der Waals surface area contributed by atoms with E-state index in [9.17, 15) is 18.0 Å². The van der Waals surface area contributed by atoms with Crippen molar-refractivity contribution in [2.75, 3.05) is 25.0 Å². The highest BCUT2D eigenvalue weighted by atomic mass is 19.4. The Morgan fingerprint density at radius 3 is 2.59 bits per heavy atom. The number of benzene rings is 1. The van der Waals surface area contributed by atoms with Crippen LogP contribution in [0.1, 0.15) is 29.3 Å². The Balaban J connectivity index is 1.36. The van der Waals surface area contributed by atoms with Crippen molar-refractivity contribution in [2.45, 2.75) is 37.4 Å². The predicted molar refractivity (Wildman–Crippen MR) is 121 cm³/mol. The third-order valence-electron chi connectivity index (χ3n) is 6.32. The lowest BCUT2D eigenvalue weighted by molar-refractivity contribution is -0.143. The Morgan fingerprint density at radius 2 is 1.85 bits per heavy atom. The maximum Gasteiger partial charge on any atom is 0.401 e. The summed E-state index contributed by atoms with van der Waals surface area (Å²) in [5.41, 5.74) is 3.46. The number of amides is 2. The molecule has 0 radical (unpaired) electrons. The monoisotopic (exact) mass is 470 g/mol. The fourth-order valence-corrected chi connectivity index (χ4v) is 4.90. The van der Waals surface area contributed by atoms with E-state index in [0.717, 1.165) is 36.2 Å². The van der Waals surface area contributed by atoms with Gasteiger partial charge in [-0.1, -0.05) is 24.3 Å². The molecular weight excluding hydrogens is 445 g/mol. The van der Waals surface area contributed by atoms with Crippen LogP contribution in [-0.2, 0) is 12.8 Å². The predicted octanol–water partition coefficient (Wildman–Crippen LogP) is 3.91. The number of aryl methyl sites for hydroxylation is 1. The third kappa shape index (κ3) is 4.77. The number of nitrogens with one attached hydrogen (secondary N) is 2. The summed E-state index contributed by atoms with van der Waals surface area (Å²) in [5.74, 6) is 0.259. The molecule has 2 aromatic heterocycles. The fraction of sp³-hybridized carbons (Fsp3) is 0.375. The molecule has 2 aliphatic rings. The van der Waals surface area contributed by atoms with Crippen LogP contribution in [0.3, 0.4) is 0 Å². The first-order valence-corrected chi connectivity index (χ1v) is 11.3. The van der Waals surface area contributed by atoms with Gasteiger partial charge in [-0.2, -0.15) is 18.3 Å². The number of likely N-dealkylation sites (tertiary alicyclic amines) is 1. The Hall–Kier alpha value is -3.40. The smallest absolute Gasteiger partial charge is 0.333 e. The molecule has 2 N–H and O–H groups in total. The number of fused-ring (bicyclic) bond motifs is 1. The number of aromatic nitrogens is 3. The number of hydrogen-bond donors (Lipinski definition) is 2. The van der Waals surface area contributed by atoms with Crippen LogP contribution in [0.25, 0.3) is 5.69 Å². The second-order valence-electron chi connectivity index (χ2n) is 8.75. The lowest BCUT2D eigenvalue weighted by Crippen LogP contribution is -2.43. The molecule has 3 heterocycles. The van der Waals surface area contributed by atoms with Crippen LogP contribution in [0.2, 0.25) is 0 Å². The number of rotatable bonds is 5. The second-order valence-corrected chi connectivity index (χ2v) is 8.75. The van der Waals surface area contributed by atoms with Crippen LogP contribution in [0.4, 0.5) is 23.8 Å². The summed E-state index contributed by atoms with van der Waals surface area (Å²) in [6.45, 7) is -0.770. The van der Waals surface area contributed by atoms with Gasteiger partial charge in [-0.25, -0.2) is 9.48 Å². The van der Waals surface area contributed by atoms with Gasteiger partial charge < -0.3 is 5.32 Å². The van der Waals surface area contributed by atoms with Gasteiger partial charge >= 0.3 is 12.2 Å². The van der Waals surface area contributed by atoms with E-state index >= 15 is 0 Å². The second kappa shape index (κ2) is 9.09. The number of pyridine rings is 1. The number of urea groups is 1. The van der Waals surface area contributed by atoms with E-state index in [-0.39, 0.29) is 19.0 Å². The van der Waals surface area contributed by atoms with E-state index in [2.05, 4.69) is 15.6 Å². The summed E-state index contributed by atoms with van der Waals surface area (Å²) >= 11 is 0. The van der Waals surface area contributed by atoms with Crippen LogP contribution in [-0.4, -0.2) is 57.5 Å². The lowest BCUT2D eigenvalue weighted by Gasteiger charge is -2.20. The zero-order valence-electron chi connectivity index (χ0n) is 18.4. The first kappa shape index (κ1) is 22.4. The number of alkyl halides is 3. The SMILES string of the molecule is O=C(Nc1c2c(nn1-c1ccccc1)CCC2)N[C@H]1CN(CC(F)(F)F)C[C@@H]1c1ccccn1. The highest BCUT2D eigenvalue weighted by Crippen LogP contribution is 2.32. The molecule has 1 aromatic carbocycles. The number of para-hydroxylation sites is 1. The minimum atomic E-state index is -4.31. The van der Waals surface area contributed by atoms with Crippen molar-refractivity contribution in [3.05, 3.63) is 71.7 Å². The Labute approximate surface area is 195 Å². The molecule has 5 rings (SSSR count). The molecule has 1 fully saturated rings. The standard InChI is InChI=1S/C24H25F3N6O/c25-24(26,27)15-32-13-18(19-10-4-5-12-28-19)21(14-32)29-23(34)30-22-17-9-6-11-20(17)31-33(22)16-7-2-1-3-8-16/h1-5,7-8,10,12,18,21H,6,9,11,13-15H2,(H2,29,30,34)/t18-,21+/m1/s1. The molecule has 3 aromatic rings. The number of carbonyl (C=O) groups is 1. The summed E-state index contributed by atoms with van der Waals surface area (Å²) in [5, 5.41) is 10.5. The fourth-order valence-electron chi connectivity index (χ4n) is 4.90. The summed E-state index contributed by atoms with van der Waals surface area (Å²) < 4.78 is 40.9. The Morgan fingerprint density at radius 1 is 1.06 bits per heavy atom. The van der Waals surface area contributed by atoms with Crippen LogP contribution in [0.5, 0.6) is 0 Å². The summed E-state index contributed by atoms with van der Waals surface area (Å²) in [4.78, 5) is 18.7. The van der Waals surface area contributed by atoms with Gasteiger partial charge in [-0.15, -0.1) is 0 Å². The number of halogens is 3. The molecule has 0 saturated carbocycles. The van der Waals surface area contributed by atoms with Crippen molar-refractivity contribution in [1.29, 1.82) is 0 Å². The molecule has 7 nitrogen and oxygen atoms in total. The van der Waals surface area contributed by atoms with Gasteiger partial charge in [0.05, 0.1) is 24.0 Å². The molecule has 178 valence electrons. The molecule has 34 heavy (non-hydrogen) atoms. The first-order chi connectivity index (χ1) is 16.4. The minimum absolute atomic E-state index is 0.0875. The van der Waals surface area contributed by atoms with E-state index < -0.39 is 24.8 Å². The zero-order valence-corrected chi connectivity index (χ0v) is 18.4. The molecule has 2 amide bonds. The summed E-state index contributed by atoms with van der Waals surface area (Å²) in [6.07, 6.45) is -0.0606. The van der Waals surface area contributed by atoms with Gasteiger partial charge in [0.2, 0.25) is 0 Å². The quantitative estimate of drug-likeness (QED) is 0.593. The molecule has 0 bridgehead atoms. The molecule has 10 heteroatoms. The Bertz CT molecular complexity index is 1150. The van der Waals surface area contributed by atoms with Crippen molar-refractivity contribution in [3.63, 3.8) is 0 Å². The van der Waals surface area contributed by atoms with E-state index in [4.69, 9.17) is 5.10 Å². The van der Waals surface area contributed by atoms with E-state index in [0.29, 0.717) is 11.5 Å². The number of carbonyl (C=O) groups excluding carboxylic acids is 1. The van der Waals surface area contributed by atoms with Crippen LogP contribution < -0.4 is 10.6 Å². The molecular formula is C24H25F3N6O. The molecule has 1 aliphatic carbocycles. The van der Waals surface area contributed by atoms with Gasteiger partial charge in [-0.3, -0.25) is 15.2 Å². The largest absolute Gasteiger partial charge is 0.401 e. The van der Waals surface area contributed by atoms with Crippen molar-refractivity contribution in [2.24, 2.45) is 0 Å². The van der Waals surface area contributed by atoms with E-state index in [1.165, 1.54) is 4.90 Å². The van der Waals surface area contributed by atoms with E-state index in [1.807, 2.05) is 30.3 Å². The average Bonchev–Trinajstić information content (AvgIpc) is 3.50. The van der Waals surface area contributed by atoms with Crippen molar-refractivity contribution < 1.29 is 18.0 Å². The topological polar surface area (TPSA) is 75.1 Å². The van der Waals surface area contributed by atoms with Crippen LogP contribution >= 0.6 is 0 Å². The zero-order chi connectivity index (χ0) is 23.7. The van der Waals surface area contributed by atoms with Gasteiger partial charge in [-0.05, 0) is 43.5 Å². The highest BCUT2D eigenvalue weighted by molar-refractivity contribution is 5.90. The van der Waals surface area contributed by atoms with Gasteiger partial charge in [0.25, 0.3) is 0 Å². The number of nitrogens with zero attached hydrogens (tertiary/aromatic N) is 4. The minimum Gasteiger partial charge on any atom is -0.333 e. The van der Waals surface area contributed by atoms with Crippen molar-refractivity contribution in [1.82, 2.24) is 25.0 Å². The van der Waals surface area contributed by atoms with Gasteiger partial charge in [0, 0.05) is 36.5 Å². The first-order valence-electron chi connectivity index (χ1n) is 11.3. The van der Waals surface area contributed by atoms with Crippen LogP contribution in [0.15, 0.2) is 54.7 Å². The normalized spacial score (nSPS) is 20.3.